The first-order chi connectivity index (χ1) is 13.1. The van der Waals surface area contributed by atoms with Crippen LogP contribution in [0.5, 0.6) is 5.75 Å². The molecule has 8 heteroatoms. The summed E-state index contributed by atoms with van der Waals surface area (Å²) in [6, 6.07) is 5.13. The van der Waals surface area contributed by atoms with Crippen LogP contribution in [0.3, 0.4) is 0 Å². The number of aryl methyl sites for hydroxylation is 2. The lowest BCUT2D eigenvalue weighted by Crippen LogP contribution is -2.48. The number of rotatable bonds is 8. The van der Waals surface area contributed by atoms with Gasteiger partial charge < -0.3 is 14.4 Å². The Labute approximate surface area is 166 Å². The van der Waals surface area contributed by atoms with Crippen LogP contribution in [0, 0.1) is 13.8 Å². The number of benzene rings is 1. The number of amides is 1. The van der Waals surface area contributed by atoms with Crippen LogP contribution in [-0.4, -0.2) is 62.0 Å². The molecule has 28 heavy (non-hydrogen) atoms. The second-order valence-corrected chi connectivity index (χ2v) is 9.56. The van der Waals surface area contributed by atoms with E-state index in [0.717, 1.165) is 11.1 Å². The SMILES string of the molecule is CC[C@@H](C)N(C(=O)COC(=O)COc1ccc(C)cc1C)[C@H]1CCS(=O)(=O)C1. The number of hydrogen-bond acceptors (Lipinski definition) is 6. The molecule has 0 bridgehead atoms. The van der Waals surface area contributed by atoms with Gasteiger partial charge in [-0.15, -0.1) is 0 Å². The van der Waals surface area contributed by atoms with E-state index in [0.29, 0.717) is 18.6 Å². The summed E-state index contributed by atoms with van der Waals surface area (Å²) < 4.78 is 34.1. The minimum Gasteiger partial charge on any atom is -0.482 e. The van der Waals surface area contributed by atoms with Crippen molar-refractivity contribution >= 4 is 21.7 Å². The quantitative estimate of drug-likeness (QED) is 0.608. The third-order valence-electron chi connectivity index (χ3n) is 4.99. The van der Waals surface area contributed by atoms with Crippen LogP contribution in [0.25, 0.3) is 0 Å². The van der Waals surface area contributed by atoms with Crippen molar-refractivity contribution in [3.63, 3.8) is 0 Å². The van der Waals surface area contributed by atoms with E-state index in [1.165, 1.54) is 0 Å². The van der Waals surface area contributed by atoms with Gasteiger partial charge in [-0.2, -0.15) is 0 Å². The number of carbonyl (C=O) groups is 2. The number of esters is 1. The largest absolute Gasteiger partial charge is 0.482 e. The molecule has 2 rings (SSSR count). The molecule has 0 radical (unpaired) electrons. The Hall–Kier alpha value is -2.09. The molecule has 7 nitrogen and oxygen atoms in total. The van der Waals surface area contributed by atoms with Crippen LogP contribution in [0.1, 0.15) is 37.8 Å². The molecule has 0 unspecified atom stereocenters. The molecule has 1 amide bonds. The molecule has 1 aliphatic rings. The fourth-order valence-corrected chi connectivity index (χ4v) is 5.07. The van der Waals surface area contributed by atoms with Crippen molar-refractivity contribution in [2.75, 3.05) is 24.7 Å². The zero-order valence-corrected chi connectivity index (χ0v) is 17.8. The lowest BCUT2D eigenvalue weighted by atomic mass is 10.1. The fourth-order valence-electron chi connectivity index (χ4n) is 3.36. The van der Waals surface area contributed by atoms with E-state index < -0.39 is 22.4 Å². The summed E-state index contributed by atoms with van der Waals surface area (Å²) in [4.78, 5) is 26.2. The number of hydrogen-bond donors (Lipinski definition) is 0. The van der Waals surface area contributed by atoms with Gasteiger partial charge in [-0.25, -0.2) is 13.2 Å². The standard InChI is InChI=1S/C20H29NO6S/c1-5-16(4)21(17-8-9-28(24,25)13-17)19(22)11-27-20(23)12-26-18-7-6-14(2)10-15(18)3/h6-7,10,16-17H,5,8-9,11-13H2,1-4H3/t16-,17+/m1/s1. The van der Waals surface area contributed by atoms with E-state index in [1.807, 2.05) is 39.8 Å². The average Bonchev–Trinajstić information content (AvgIpc) is 2.98. The second kappa shape index (κ2) is 9.41. The van der Waals surface area contributed by atoms with Gasteiger partial charge in [-0.1, -0.05) is 24.6 Å². The summed E-state index contributed by atoms with van der Waals surface area (Å²) in [5.74, 6) is -0.382. The molecule has 1 aliphatic heterocycles. The van der Waals surface area contributed by atoms with Crippen LogP contribution in [0.4, 0.5) is 0 Å². The third-order valence-corrected chi connectivity index (χ3v) is 6.74. The molecule has 1 aromatic carbocycles. The molecule has 1 fully saturated rings. The third kappa shape index (κ3) is 5.95. The minimum atomic E-state index is -3.12. The topological polar surface area (TPSA) is 90.0 Å². The van der Waals surface area contributed by atoms with Gasteiger partial charge in [-0.05, 0) is 45.2 Å². The highest BCUT2D eigenvalue weighted by molar-refractivity contribution is 7.91. The Morgan fingerprint density at radius 2 is 1.96 bits per heavy atom. The molecule has 0 saturated carbocycles. The first-order valence-corrected chi connectivity index (χ1v) is 11.3. The lowest BCUT2D eigenvalue weighted by molar-refractivity contribution is -0.155. The van der Waals surface area contributed by atoms with Crippen molar-refractivity contribution in [3.8, 4) is 5.75 Å². The van der Waals surface area contributed by atoms with E-state index in [4.69, 9.17) is 9.47 Å². The predicted molar refractivity (Wildman–Crippen MR) is 106 cm³/mol. The monoisotopic (exact) mass is 411 g/mol. The summed E-state index contributed by atoms with van der Waals surface area (Å²) in [7, 11) is -3.12. The molecule has 0 N–H and O–H groups in total. The van der Waals surface area contributed by atoms with Gasteiger partial charge in [0.15, 0.2) is 23.1 Å². The van der Waals surface area contributed by atoms with Gasteiger partial charge in [0.05, 0.1) is 11.5 Å². The van der Waals surface area contributed by atoms with Gasteiger partial charge >= 0.3 is 5.97 Å². The van der Waals surface area contributed by atoms with E-state index in [2.05, 4.69) is 0 Å². The number of nitrogens with zero attached hydrogens (tertiary/aromatic N) is 1. The van der Waals surface area contributed by atoms with Crippen molar-refractivity contribution in [2.45, 2.75) is 52.6 Å². The molecular formula is C20H29NO6S. The van der Waals surface area contributed by atoms with Crippen molar-refractivity contribution in [3.05, 3.63) is 29.3 Å². The van der Waals surface area contributed by atoms with Crippen molar-refractivity contribution in [1.82, 2.24) is 4.90 Å². The second-order valence-electron chi connectivity index (χ2n) is 7.33. The molecule has 0 spiro atoms. The summed E-state index contributed by atoms with van der Waals surface area (Å²) in [6.45, 7) is 6.94. The molecule has 156 valence electrons. The van der Waals surface area contributed by atoms with Gasteiger partial charge in [0, 0.05) is 12.1 Å². The minimum absolute atomic E-state index is 0.0349. The summed E-state index contributed by atoms with van der Waals surface area (Å²) in [5, 5.41) is 0. The predicted octanol–water partition coefficient (Wildman–Crippen LogP) is 2.04. The number of ether oxygens (including phenoxy) is 2. The van der Waals surface area contributed by atoms with Crippen molar-refractivity contribution in [2.24, 2.45) is 0 Å². The maximum atomic E-state index is 12.6. The van der Waals surface area contributed by atoms with E-state index in [-0.39, 0.29) is 36.1 Å². The van der Waals surface area contributed by atoms with Crippen LogP contribution in [0.2, 0.25) is 0 Å². The normalized spacial score (nSPS) is 19.1. The first kappa shape index (κ1) is 22.2. The summed E-state index contributed by atoms with van der Waals surface area (Å²) in [5.41, 5.74) is 2.01. The van der Waals surface area contributed by atoms with E-state index >= 15 is 0 Å². The van der Waals surface area contributed by atoms with Gasteiger partial charge in [0.25, 0.3) is 5.91 Å². The molecule has 0 aliphatic carbocycles. The highest BCUT2D eigenvalue weighted by Gasteiger charge is 2.36. The Balaban J connectivity index is 1.89. The molecule has 1 saturated heterocycles. The van der Waals surface area contributed by atoms with Gasteiger partial charge in [-0.3, -0.25) is 4.79 Å². The molecular weight excluding hydrogens is 382 g/mol. The van der Waals surface area contributed by atoms with Gasteiger partial charge in [0.1, 0.15) is 5.75 Å². The first-order valence-electron chi connectivity index (χ1n) is 9.50. The lowest BCUT2D eigenvalue weighted by Gasteiger charge is -2.33. The molecule has 0 aromatic heterocycles. The maximum absolute atomic E-state index is 12.6. The molecule has 1 aromatic rings. The Morgan fingerprint density at radius 1 is 1.25 bits per heavy atom. The number of sulfone groups is 1. The highest BCUT2D eigenvalue weighted by Crippen LogP contribution is 2.22. The fraction of sp³-hybridized carbons (Fsp3) is 0.600. The zero-order valence-electron chi connectivity index (χ0n) is 16.9. The number of carbonyl (C=O) groups excluding carboxylic acids is 2. The molecule has 1 heterocycles. The summed E-state index contributed by atoms with van der Waals surface area (Å²) in [6.07, 6.45) is 1.11. The van der Waals surface area contributed by atoms with E-state index in [1.54, 1.807) is 11.0 Å². The highest BCUT2D eigenvalue weighted by atomic mass is 32.2. The zero-order chi connectivity index (χ0) is 20.9. The Bertz CT molecular complexity index is 820. The van der Waals surface area contributed by atoms with Crippen LogP contribution < -0.4 is 4.74 Å². The summed E-state index contributed by atoms with van der Waals surface area (Å²) >= 11 is 0. The van der Waals surface area contributed by atoms with Crippen LogP contribution in [-0.2, 0) is 24.2 Å². The Kier molecular flexibility index (Phi) is 7.46. The van der Waals surface area contributed by atoms with Gasteiger partial charge in [0.2, 0.25) is 0 Å². The average molecular weight is 412 g/mol. The Morgan fingerprint density at radius 3 is 2.54 bits per heavy atom. The maximum Gasteiger partial charge on any atom is 0.344 e. The molecule has 2 atom stereocenters. The van der Waals surface area contributed by atoms with Crippen LogP contribution >= 0.6 is 0 Å². The van der Waals surface area contributed by atoms with Crippen molar-refractivity contribution in [1.29, 1.82) is 0 Å². The van der Waals surface area contributed by atoms with Crippen molar-refractivity contribution < 1.29 is 27.5 Å². The smallest absolute Gasteiger partial charge is 0.344 e. The van der Waals surface area contributed by atoms with Crippen LogP contribution in [0.15, 0.2) is 18.2 Å². The van der Waals surface area contributed by atoms with E-state index in [9.17, 15) is 18.0 Å².